The molecule has 1 aromatic heterocycles. The maximum Gasteiger partial charge on any atom is 0.251 e. The molecule has 0 bridgehead atoms. The molecule has 28 heavy (non-hydrogen) atoms. The summed E-state index contributed by atoms with van der Waals surface area (Å²) in [5.41, 5.74) is 6.98. The average Bonchev–Trinajstić information content (AvgIpc) is 2.91. The van der Waals surface area contributed by atoms with Crippen molar-refractivity contribution in [3.8, 4) is 11.3 Å². The van der Waals surface area contributed by atoms with E-state index in [1.165, 1.54) is 22.4 Å². The molecule has 3 aromatic rings. The fourth-order valence-corrected chi connectivity index (χ4v) is 3.97. The summed E-state index contributed by atoms with van der Waals surface area (Å²) in [4.78, 5) is 14.2. The summed E-state index contributed by atoms with van der Waals surface area (Å²) < 4.78 is 2.05. The van der Waals surface area contributed by atoms with Crippen molar-refractivity contribution in [2.24, 2.45) is 7.05 Å². The Morgan fingerprint density at radius 1 is 1.04 bits per heavy atom. The molecule has 0 fully saturated rings. The van der Waals surface area contributed by atoms with Crippen molar-refractivity contribution in [3.63, 3.8) is 0 Å². The number of carbonyl (C=O) groups is 1. The number of hydrogen-bond donors (Lipinski definition) is 1. The van der Waals surface area contributed by atoms with Crippen molar-refractivity contribution in [3.05, 3.63) is 77.0 Å². The minimum atomic E-state index is -0.0438. The quantitative estimate of drug-likeness (QED) is 0.764. The Hall–Kier alpha value is -2.92. The van der Waals surface area contributed by atoms with E-state index in [9.17, 15) is 4.79 Å². The van der Waals surface area contributed by atoms with E-state index >= 15 is 0 Å². The van der Waals surface area contributed by atoms with Gasteiger partial charge in [0, 0.05) is 62.5 Å². The Kier molecular flexibility index (Phi) is 5.26. The molecule has 0 atom stereocenters. The van der Waals surface area contributed by atoms with Crippen molar-refractivity contribution in [2.45, 2.75) is 19.4 Å². The van der Waals surface area contributed by atoms with Crippen LogP contribution in [0, 0.1) is 0 Å². The van der Waals surface area contributed by atoms with Crippen LogP contribution in [-0.2, 0) is 26.4 Å². The van der Waals surface area contributed by atoms with E-state index in [2.05, 4.69) is 58.3 Å². The lowest BCUT2D eigenvalue weighted by molar-refractivity contribution is 0.0963. The van der Waals surface area contributed by atoms with Gasteiger partial charge in [0.05, 0.1) is 5.69 Å². The Balaban J connectivity index is 1.49. The Morgan fingerprint density at radius 2 is 1.75 bits per heavy atom. The van der Waals surface area contributed by atoms with E-state index < -0.39 is 0 Å². The number of nitrogens with one attached hydrogen (secondary N) is 1. The van der Waals surface area contributed by atoms with Gasteiger partial charge in [-0.1, -0.05) is 42.5 Å². The summed E-state index contributed by atoms with van der Waals surface area (Å²) in [5, 5.41) is 7.47. The molecule has 1 N–H and O–H groups in total. The van der Waals surface area contributed by atoms with Crippen LogP contribution in [0.15, 0.2) is 54.6 Å². The molecular weight excluding hydrogens is 348 g/mol. The van der Waals surface area contributed by atoms with E-state index in [1.807, 2.05) is 18.2 Å². The largest absolute Gasteiger partial charge is 0.355 e. The van der Waals surface area contributed by atoms with Crippen molar-refractivity contribution in [1.82, 2.24) is 20.0 Å². The van der Waals surface area contributed by atoms with E-state index in [1.54, 1.807) is 7.05 Å². The van der Waals surface area contributed by atoms with E-state index in [0.717, 1.165) is 38.2 Å². The third-order valence-corrected chi connectivity index (χ3v) is 5.51. The molecule has 4 rings (SSSR count). The minimum absolute atomic E-state index is 0.0438. The highest BCUT2D eigenvalue weighted by atomic mass is 16.1. The maximum absolute atomic E-state index is 11.7. The second kappa shape index (κ2) is 7.98. The van der Waals surface area contributed by atoms with Crippen molar-refractivity contribution >= 4 is 5.91 Å². The van der Waals surface area contributed by atoms with Crippen LogP contribution in [-0.4, -0.2) is 40.7 Å². The van der Waals surface area contributed by atoms with Crippen LogP contribution < -0.4 is 5.32 Å². The zero-order valence-corrected chi connectivity index (χ0v) is 16.5. The second-order valence-electron chi connectivity index (χ2n) is 7.32. The molecule has 0 unspecified atom stereocenters. The third-order valence-electron chi connectivity index (χ3n) is 5.51. The summed E-state index contributed by atoms with van der Waals surface area (Å²) in [6, 6.07) is 18.4. The van der Waals surface area contributed by atoms with Crippen LogP contribution in [0.3, 0.4) is 0 Å². The van der Waals surface area contributed by atoms with Crippen LogP contribution in [0.5, 0.6) is 0 Å². The standard InChI is InChI=1S/C23H26N4O/c1-24-23(28)19-10-8-17(9-11-19)16-27-14-12-20-21(13-15-27)26(2)25-22(20)18-6-4-3-5-7-18/h3-11H,12-16H2,1-2H3,(H,24,28). The molecule has 5 heteroatoms. The third kappa shape index (κ3) is 3.71. The number of aromatic nitrogens is 2. The zero-order valence-electron chi connectivity index (χ0n) is 16.5. The van der Waals surface area contributed by atoms with E-state index in [0.29, 0.717) is 5.56 Å². The van der Waals surface area contributed by atoms with E-state index in [4.69, 9.17) is 5.10 Å². The van der Waals surface area contributed by atoms with Crippen LogP contribution in [0.2, 0.25) is 0 Å². The van der Waals surface area contributed by atoms with Crippen LogP contribution in [0.4, 0.5) is 0 Å². The first-order valence-corrected chi connectivity index (χ1v) is 9.79. The van der Waals surface area contributed by atoms with Gasteiger partial charge in [-0.3, -0.25) is 14.4 Å². The number of rotatable bonds is 4. The number of carbonyl (C=O) groups excluding carboxylic acids is 1. The fraction of sp³-hybridized carbons (Fsp3) is 0.304. The second-order valence-corrected chi connectivity index (χ2v) is 7.32. The molecule has 0 saturated heterocycles. The highest BCUT2D eigenvalue weighted by Crippen LogP contribution is 2.28. The minimum Gasteiger partial charge on any atom is -0.355 e. The van der Waals surface area contributed by atoms with Gasteiger partial charge in [-0.05, 0) is 24.1 Å². The molecular formula is C23H26N4O. The fourth-order valence-electron chi connectivity index (χ4n) is 3.97. The molecule has 1 aliphatic rings. The number of hydrogen-bond acceptors (Lipinski definition) is 3. The Morgan fingerprint density at radius 3 is 2.46 bits per heavy atom. The highest BCUT2D eigenvalue weighted by molar-refractivity contribution is 5.93. The van der Waals surface area contributed by atoms with Crippen molar-refractivity contribution in [2.75, 3.05) is 20.1 Å². The van der Waals surface area contributed by atoms with Crippen LogP contribution in [0.1, 0.15) is 27.2 Å². The molecule has 1 amide bonds. The predicted molar refractivity (Wildman–Crippen MR) is 111 cm³/mol. The van der Waals surface area contributed by atoms with Crippen LogP contribution >= 0.6 is 0 Å². The van der Waals surface area contributed by atoms with Gasteiger partial charge < -0.3 is 5.32 Å². The van der Waals surface area contributed by atoms with Gasteiger partial charge in [0.1, 0.15) is 0 Å². The lowest BCUT2D eigenvalue weighted by atomic mass is 10.0. The van der Waals surface area contributed by atoms with Gasteiger partial charge in [0.25, 0.3) is 5.91 Å². The normalized spacial score (nSPS) is 14.4. The number of aryl methyl sites for hydroxylation is 1. The summed E-state index contributed by atoms with van der Waals surface area (Å²) in [6.07, 6.45) is 2.01. The molecule has 0 radical (unpaired) electrons. The summed E-state index contributed by atoms with van der Waals surface area (Å²) >= 11 is 0. The van der Waals surface area contributed by atoms with Gasteiger partial charge in [-0.25, -0.2) is 0 Å². The number of fused-ring (bicyclic) bond motifs is 1. The van der Waals surface area contributed by atoms with Gasteiger partial charge in [0.2, 0.25) is 0 Å². The van der Waals surface area contributed by atoms with Gasteiger partial charge in [0.15, 0.2) is 0 Å². The molecule has 0 aliphatic carbocycles. The molecule has 2 aromatic carbocycles. The zero-order chi connectivity index (χ0) is 19.5. The molecule has 144 valence electrons. The van der Waals surface area contributed by atoms with Crippen LogP contribution in [0.25, 0.3) is 11.3 Å². The SMILES string of the molecule is CNC(=O)c1ccc(CN2CCc3c(-c4ccccc4)nn(C)c3CC2)cc1. The number of nitrogens with zero attached hydrogens (tertiary/aromatic N) is 3. The topological polar surface area (TPSA) is 50.2 Å². The highest BCUT2D eigenvalue weighted by Gasteiger charge is 2.22. The molecule has 0 saturated carbocycles. The Bertz CT molecular complexity index is 960. The average molecular weight is 374 g/mol. The Labute approximate surface area is 166 Å². The summed E-state index contributed by atoms with van der Waals surface area (Å²) in [6.45, 7) is 2.92. The van der Waals surface area contributed by atoms with Gasteiger partial charge >= 0.3 is 0 Å². The predicted octanol–water partition coefficient (Wildman–Crippen LogP) is 3.05. The van der Waals surface area contributed by atoms with Gasteiger partial charge in [-0.15, -0.1) is 0 Å². The lowest BCUT2D eigenvalue weighted by Crippen LogP contribution is -2.26. The first-order valence-electron chi connectivity index (χ1n) is 9.79. The first kappa shape index (κ1) is 18.4. The monoisotopic (exact) mass is 374 g/mol. The lowest BCUT2D eigenvalue weighted by Gasteiger charge is -2.20. The number of amides is 1. The number of benzene rings is 2. The van der Waals surface area contributed by atoms with Crippen molar-refractivity contribution < 1.29 is 4.79 Å². The maximum atomic E-state index is 11.7. The molecule has 5 nitrogen and oxygen atoms in total. The molecule has 0 spiro atoms. The first-order chi connectivity index (χ1) is 13.7. The molecule has 1 aliphatic heterocycles. The summed E-state index contributed by atoms with van der Waals surface area (Å²) in [5.74, 6) is -0.0438. The summed E-state index contributed by atoms with van der Waals surface area (Å²) in [7, 11) is 3.71. The van der Waals surface area contributed by atoms with Crippen molar-refractivity contribution in [1.29, 1.82) is 0 Å². The van der Waals surface area contributed by atoms with E-state index in [-0.39, 0.29) is 5.91 Å². The smallest absolute Gasteiger partial charge is 0.251 e. The molecule has 2 heterocycles. The van der Waals surface area contributed by atoms with Gasteiger partial charge in [-0.2, -0.15) is 5.10 Å².